The number of nitrogens with zero attached hydrogens (tertiary/aromatic N) is 3. The Morgan fingerprint density at radius 3 is 2.68 bits per heavy atom. The summed E-state index contributed by atoms with van der Waals surface area (Å²) in [6, 6.07) is 7.54. The largest absolute Gasteiger partial charge is 0.336 e. The first-order valence-electron chi connectivity index (χ1n) is 9.19. The van der Waals surface area contributed by atoms with Crippen molar-refractivity contribution in [2.75, 3.05) is 32.7 Å². The van der Waals surface area contributed by atoms with Crippen LogP contribution in [0.4, 0.5) is 0 Å². The van der Waals surface area contributed by atoms with Crippen LogP contribution >= 0.6 is 11.6 Å². The van der Waals surface area contributed by atoms with Gasteiger partial charge in [0.05, 0.1) is 16.1 Å². The lowest BCUT2D eigenvalue weighted by Crippen LogP contribution is -2.50. The molecule has 1 amide bonds. The van der Waals surface area contributed by atoms with E-state index < -0.39 is 0 Å². The second-order valence-corrected chi connectivity index (χ2v) is 7.74. The van der Waals surface area contributed by atoms with Gasteiger partial charge < -0.3 is 4.90 Å². The number of pyridine rings is 1. The van der Waals surface area contributed by atoms with Gasteiger partial charge in [0.1, 0.15) is 0 Å². The molecule has 2 heterocycles. The molecule has 1 aliphatic heterocycles. The van der Waals surface area contributed by atoms with E-state index in [4.69, 9.17) is 11.6 Å². The molecule has 4 nitrogen and oxygen atoms in total. The molecule has 4 rings (SSSR count). The monoisotopic (exact) mass is 357 g/mol. The van der Waals surface area contributed by atoms with E-state index in [-0.39, 0.29) is 5.91 Å². The molecule has 5 heteroatoms. The lowest BCUT2D eigenvalue weighted by atomic mass is 9.85. The van der Waals surface area contributed by atoms with Crippen molar-refractivity contribution < 1.29 is 4.79 Å². The number of benzene rings is 1. The predicted molar refractivity (Wildman–Crippen MR) is 101 cm³/mol. The summed E-state index contributed by atoms with van der Waals surface area (Å²) < 4.78 is 0. The number of halogens is 1. The summed E-state index contributed by atoms with van der Waals surface area (Å²) in [5, 5.41) is 1.44. The molecule has 1 aliphatic carbocycles. The summed E-state index contributed by atoms with van der Waals surface area (Å²) in [5.74, 6) is 0.984. The number of carbonyl (C=O) groups excluding carboxylic acids is 1. The zero-order chi connectivity index (χ0) is 17.4. The first kappa shape index (κ1) is 16.8. The van der Waals surface area contributed by atoms with Crippen molar-refractivity contribution in [1.29, 1.82) is 0 Å². The molecule has 1 aromatic heterocycles. The number of aryl methyl sites for hydroxylation is 1. The minimum Gasteiger partial charge on any atom is -0.336 e. The van der Waals surface area contributed by atoms with E-state index in [0.29, 0.717) is 5.02 Å². The van der Waals surface area contributed by atoms with Crippen LogP contribution in [0, 0.1) is 12.8 Å². The van der Waals surface area contributed by atoms with Crippen LogP contribution in [0.5, 0.6) is 0 Å². The van der Waals surface area contributed by atoms with Gasteiger partial charge in [0.25, 0.3) is 5.91 Å². The number of fused-ring (bicyclic) bond motifs is 1. The molecule has 1 saturated carbocycles. The molecule has 1 aromatic carbocycles. The van der Waals surface area contributed by atoms with Crippen LogP contribution < -0.4 is 0 Å². The highest BCUT2D eigenvalue weighted by Gasteiger charge is 2.27. The van der Waals surface area contributed by atoms with Gasteiger partial charge in [0.15, 0.2) is 0 Å². The van der Waals surface area contributed by atoms with Crippen LogP contribution in [0.15, 0.2) is 24.3 Å². The Morgan fingerprint density at radius 1 is 1.24 bits per heavy atom. The summed E-state index contributed by atoms with van der Waals surface area (Å²) >= 11 is 6.28. The van der Waals surface area contributed by atoms with Gasteiger partial charge in [-0.1, -0.05) is 30.2 Å². The fraction of sp³-hybridized carbons (Fsp3) is 0.500. The van der Waals surface area contributed by atoms with Gasteiger partial charge in [-0.3, -0.25) is 14.7 Å². The first-order valence-corrected chi connectivity index (χ1v) is 9.57. The number of amides is 1. The molecule has 1 saturated heterocycles. The van der Waals surface area contributed by atoms with Gasteiger partial charge in [-0.05, 0) is 37.8 Å². The van der Waals surface area contributed by atoms with E-state index in [0.717, 1.165) is 54.3 Å². The number of piperazine rings is 1. The molecule has 0 spiro atoms. The van der Waals surface area contributed by atoms with Crippen LogP contribution in [0.1, 0.15) is 35.3 Å². The van der Waals surface area contributed by atoms with Crippen molar-refractivity contribution in [2.45, 2.75) is 26.2 Å². The first-order chi connectivity index (χ1) is 12.1. The molecule has 2 fully saturated rings. The lowest BCUT2D eigenvalue weighted by molar-refractivity contribution is 0.0592. The zero-order valence-electron chi connectivity index (χ0n) is 14.7. The van der Waals surface area contributed by atoms with E-state index in [9.17, 15) is 4.79 Å². The van der Waals surface area contributed by atoms with Crippen LogP contribution in [0.25, 0.3) is 10.9 Å². The van der Waals surface area contributed by atoms with Gasteiger partial charge in [0, 0.05) is 43.8 Å². The van der Waals surface area contributed by atoms with E-state index in [1.807, 2.05) is 36.1 Å². The number of para-hydroxylation sites is 1. The highest BCUT2D eigenvalue weighted by Crippen LogP contribution is 2.28. The Balaban J connectivity index is 1.51. The molecule has 0 N–H and O–H groups in total. The Morgan fingerprint density at radius 2 is 2.00 bits per heavy atom. The second kappa shape index (κ2) is 6.93. The molecule has 132 valence electrons. The fourth-order valence-electron chi connectivity index (χ4n) is 3.86. The molecule has 0 unspecified atom stereocenters. The molecule has 0 atom stereocenters. The van der Waals surface area contributed by atoms with E-state index in [2.05, 4.69) is 9.88 Å². The molecular formula is C20H24ClN3O. The highest BCUT2D eigenvalue weighted by atomic mass is 35.5. The maximum Gasteiger partial charge on any atom is 0.254 e. The second-order valence-electron chi connectivity index (χ2n) is 7.34. The Hall–Kier alpha value is -1.65. The van der Waals surface area contributed by atoms with Crippen molar-refractivity contribution in [1.82, 2.24) is 14.8 Å². The summed E-state index contributed by atoms with van der Waals surface area (Å²) in [4.78, 5) is 22.1. The van der Waals surface area contributed by atoms with E-state index in [1.54, 1.807) is 0 Å². The normalized spacial score (nSPS) is 19.2. The maximum atomic E-state index is 13.1. The van der Waals surface area contributed by atoms with Crippen molar-refractivity contribution in [3.63, 3.8) is 0 Å². The molecule has 0 radical (unpaired) electrons. The zero-order valence-corrected chi connectivity index (χ0v) is 15.4. The van der Waals surface area contributed by atoms with E-state index >= 15 is 0 Å². The third-order valence-electron chi connectivity index (χ3n) is 5.55. The van der Waals surface area contributed by atoms with Crippen LogP contribution in [0.3, 0.4) is 0 Å². The lowest BCUT2D eigenvalue weighted by Gasteiger charge is -2.38. The molecule has 0 bridgehead atoms. The van der Waals surface area contributed by atoms with Gasteiger partial charge in [-0.2, -0.15) is 0 Å². The highest BCUT2D eigenvalue weighted by molar-refractivity contribution is 6.35. The van der Waals surface area contributed by atoms with Crippen molar-refractivity contribution in [2.24, 2.45) is 5.92 Å². The molecule has 2 aromatic rings. The molecule has 2 aliphatic rings. The van der Waals surface area contributed by atoms with Gasteiger partial charge >= 0.3 is 0 Å². The molecular weight excluding hydrogens is 334 g/mol. The maximum absolute atomic E-state index is 13.1. The number of aromatic nitrogens is 1. The third-order valence-corrected chi connectivity index (χ3v) is 5.85. The van der Waals surface area contributed by atoms with Crippen LogP contribution in [-0.4, -0.2) is 53.4 Å². The topological polar surface area (TPSA) is 36.4 Å². The predicted octanol–water partition coefficient (Wildman–Crippen LogP) is 3.75. The van der Waals surface area contributed by atoms with Crippen molar-refractivity contribution >= 4 is 28.4 Å². The average molecular weight is 358 g/mol. The summed E-state index contributed by atoms with van der Waals surface area (Å²) in [7, 11) is 0. The molecule has 25 heavy (non-hydrogen) atoms. The fourth-order valence-corrected chi connectivity index (χ4v) is 4.08. The van der Waals surface area contributed by atoms with Crippen molar-refractivity contribution in [3.05, 3.63) is 40.5 Å². The van der Waals surface area contributed by atoms with Crippen LogP contribution in [0.2, 0.25) is 5.02 Å². The standard InChI is InChI=1S/C20H24ClN3O/c1-14-12-17(16-6-3-7-18(21)19(16)22-14)20(25)24-10-8-23(9-11-24)13-15-4-2-5-15/h3,6-7,12,15H,2,4-5,8-11,13H2,1H3. The van der Waals surface area contributed by atoms with Gasteiger partial charge in [-0.25, -0.2) is 0 Å². The minimum atomic E-state index is 0.0982. The van der Waals surface area contributed by atoms with E-state index in [1.165, 1.54) is 25.8 Å². The number of carbonyl (C=O) groups is 1. The summed E-state index contributed by atoms with van der Waals surface area (Å²) in [5.41, 5.74) is 2.26. The Bertz CT molecular complexity index is 795. The number of hydrogen-bond donors (Lipinski definition) is 0. The summed E-state index contributed by atoms with van der Waals surface area (Å²) in [6.07, 6.45) is 4.14. The Labute approximate surface area is 153 Å². The summed E-state index contributed by atoms with van der Waals surface area (Å²) in [6.45, 7) is 6.67. The van der Waals surface area contributed by atoms with Gasteiger partial charge in [0.2, 0.25) is 0 Å². The third kappa shape index (κ3) is 3.38. The number of hydrogen-bond acceptors (Lipinski definition) is 3. The minimum absolute atomic E-state index is 0.0982. The Kier molecular flexibility index (Phi) is 4.65. The smallest absolute Gasteiger partial charge is 0.254 e. The van der Waals surface area contributed by atoms with Gasteiger partial charge in [-0.15, -0.1) is 0 Å². The van der Waals surface area contributed by atoms with Crippen LogP contribution in [-0.2, 0) is 0 Å². The average Bonchev–Trinajstić information content (AvgIpc) is 2.58. The SMILES string of the molecule is Cc1cc(C(=O)N2CCN(CC3CCC3)CC2)c2cccc(Cl)c2n1. The number of rotatable bonds is 3. The quantitative estimate of drug-likeness (QED) is 0.839. The van der Waals surface area contributed by atoms with Crippen molar-refractivity contribution in [3.8, 4) is 0 Å².